The Labute approximate surface area is 168 Å². The summed E-state index contributed by atoms with van der Waals surface area (Å²) in [7, 11) is 0. The number of carboxylic acid groups (broad SMARTS) is 1. The number of nitrogens with one attached hydrogen (secondary N) is 3. The predicted octanol–water partition coefficient (Wildman–Crippen LogP) is -2.28. The summed E-state index contributed by atoms with van der Waals surface area (Å²) in [5.74, 6) is -4.33. The number of hydrogen-bond donors (Lipinski definition) is 7. The van der Waals surface area contributed by atoms with Crippen LogP contribution in [0.2, 0.25) is 0 Å². The van der Waals surface area contributed by atoms with Crippen LogP contribution in [-0.4, -0.2) is 64.6 Å². The van der Waals surface area contributed by atoms with Crippen molar-refractivity contribution in [3.05, 3.63) is 0 Å². The monoisotopic (exact) mass is 419 g/mol. The van der Waals surface area contributed by atoms with Gasteiger partial charge in [0, 0.05) is 12.2 Å². The van der Waals surface area contributed by atoms with Gasteiger partial charge >= 0.3 is 5.97 Å². The normalized spacial score (nSPS) is 15.1. The third-order valence-corrected chi connectivity index (χ3v) is 4.22. The lowest BCUT2D eigenvalue weighted by Gasteiger charge is -2.24. The number of amides is 4. The maximum absolute atomic E-state index is 12.5. The fourth-order valence-electron chi connectivity index (χ4n) is 2.09. The Morgan fingerprint density at radius 3 is 1.96 bits per heavy atom. The number of carbonyl (C=O) groups is 5. The van der Waals surface area contributed by atoms with Crippen LogP contribution in [0.3, 0.4) is 0 Å². The van der Waals surface area contributed by atoms with Gasteiger partial charge in [0.1, 0.15) is 18.1 Å². The Morgan fingerprint density at radius 2 is 1.54 bits per heavy atom. The first kappa shape index (κ1) is 25.7. The number of thiol groups is 1. The van der Waals surface area contributed by atoms with Gasteiger partial charge in [-0.1, -0.05) is 13.8 Å². The first-order valence-electron chi connectivity index (χ1n) is 8.69. The smallest absolute Gasteiger partial charge is 0.326 e. The second kappa shape index (κ2) is 12.2. The van der Waals surface area contributed by atoms with Gasteiger partial charge in [0.25, 0.3) is 0 Å². The average Bonchev–Trinajstić information content (AvgIpc) is 2.60. The minimum absolute atomic E-state index is 0.0790. The fourth-order valence-corrected chi connectivity index (χ4v) is 2.25. The van der Waals surface area contributed by atoms with Crippen molar-refractivity contribution in [2.75, 3.05) is 5.75 Å². The summed E-state index contributed by atoms with van der Waals surface area (Å²) < 4.78 is 0. The molecule has 0 aromatic heterocycles. The lowest BCUT2D eigenvalue weighted by Crippen LogP contribution is -2.57. The number of hydrogen-bond acceptors (Lipinski definition) is 7. The van der Waals surface area contributed by atoms with E-state index in [0.29, 0.717) is 0 Å². The lowest BCUT2D eigenvalue weighted by atomic mass is 10.0. The van der Waals surface area contributed by atoms with Crippen molar-refractivity contribution in [3.63, 3.8) is 0 Å². The molecule has 0 fully saturated rings. The second-order valence-corrected chi connectivity index (χ2v) is 7.02. The Balaban J connectivity index is 5.15. The molecule has 0 radical (unpaired) electrons. The summed E-state index contributed by atoms with van der Waals surface area (Å²) in [5.41, 5.74) is 10.6. The number of rotatable bonds is 12. The zero-order valence-corrected chi connectivity index (χ0v) is 17.0. The topological polar surface area (TPSA) is 194 Å². The van der Waals surface area contributed by atoms with E-state index in [-0.39, 0.29) is 18.6 Å². The zero-order chi connectivity index (χ0) is 22.0. The van der Waals surface area contributed by atoms with Crippen molar-refractivity contribution in [1.29, 1.82) is 0 Å². The van der Waals surface area contributed by atoms with Gasteiger partial charge in [0.2, 0.25) is 23.6 Å². The molecule has 0 heterocycles. The third kappa shape index (κ3) is 9.04. The molecule has 160 valence electrons. The Kier molecular flexibility index (Phi) is 11.2. The number of carbonyl (C=O) groups excluding carboxylic acids is 4. The minimum Gasteiger partial charge on any atom is -0.480 e. The molecule has 0 aliphatic heterocycles. The molecule has 11 nitrogen and oxygen atoms in total. The Hall–Kier alpha value is -2.34. The standard InChI is InChI=1S/C16H29N5O6S/c1-7(2)12(16(26)27)21-15(25)10(4-5-11(18)22)20-13(23)8(3)19-14(24)9(17)6-28/h7-10,12,28H,4-6,17H2,1-3H3,(H2,18,22)(H,19,24)(H,20,23)(H,21,25)(H,26,27). The first-order chi connectivity index (χ1) is 12.9. The largest absolute Gasteiger partial charge is 0.480 e. The van der Waals surface area contributed by atoms with E-state index in [0.717, 1.165) is 0 Å². The molecule has 0 spiro atoms. The molecule has 4 amide bonds. The van der Waals surface area contributed by atoms with Crippen LogP contribution >= 0.6 is 12.6 Å². The molecule has 12 heteroatoms. The van der Waals surface area contributed by atoms with Crippen molar-refractivity contribution in [1.82, 2.24) is 16.0 Å². The predicted molar refractivity (Wildman–Crippen MR) is 104 cm³/mol. The van der Waals surface area contributed by atoms with Gasteiger partial charge in [0.15, 0.2) is 0 Å². The molecule has 4 atom stereocenters. The van der Waals surface area contributed by atoms with Crippen molar-refractivity contribution in [2.45, 2.75) is 57.8 Å². The maximum Gasteiger partial charge on any atom is 0.326 e. The van der Waals surface area contributed by atoms with Gasteiger partial charge in [-0.05, 0) is 19.3 Å². The summed E-state index contributed by atoms with van der Waals surface area (Å²) in [6, 6.07) is -4.32. The molecule has 0 saturated carbocycles. The van der Waals surface area contributed by atoms with Crippen LogP contribution in [0.25, 0.3) is 0 Å². The van der Waals surface area contributed by atoms with Gasteiger partial charge in [-0.25, -0.2) is 4.79 Å². The summed E-state index contributed by atoms with van der Waals surface area (Å²) >= 11 is 3.89. The highest BCUT2D eigenvalue weighted by molar-refractivity contribution is 7.80. The highest BCUT2D eigenvalue weighted by Crippen LogP contribution is 2.05. The fraction of sp³-hybridized carbons (Fsp3) is 0.688. The molecular weight excluding hydrogens is 390 g/mol. The quantitative estimate of drug-likeness (QED) is 0.173. The number of carboxylic acids is 1. The first-order valence-corrected chi connectivity index (χ1v) is 9.32. The van der Waals surface area contributed by atoms with Crippen molar-refractivity contribution >= 4 is 42.2 Å². The van der Waals surface area contributed by atoms with E-state index in [1.807, 2.05) is 0 Å². The van der Waals surface area contributed by atoms with Gasteiger partial charge in [0.05, 0.1) is 6.04 Å². The minimum atomic E-state index is -1.23. The maximum atomic E-state index is 12.5. The van der Waals surface area contributed by atoms with E-state index < -0.39 is 59.7 Å². The molecule has 0 saturated heterocycles. The molecular formula is C16H29N5O6S. The SMILES string of the molecule is CC(NC(=O)C(N)CS)C(=O)NC(CCC(N)=O)C(=O)NC(C(=O)O)C(C)C. The summed E-state index contributed by atoms with van der Waals surface area (Å²) in [5, 5.41) is 16.3. The number of nitrogens with two attached hydrogens (primary N) is 2. The summed E-state index contributed by atoms with van der Waals surface area (Å²) in [4.78, 5) is 58.8. The van der Waals surface area contributed by atoms with E-state index in [4.69, 9.17) is 11.5 Å². The molecule has 8 N–H and O–H groups in total. The van der Waals surface area contributed by atoms with Crippen LogP contribution in [0.1, 0.15) is 33.6 Å². The van der Waals surface area contributed by atoms with Crippen molar-refractivity contribution in [3.8, 4) is 0 Å². The second-order valence-electron chi connectivity index (χ2n) is 6.65. The Bertz CT molecular complexity index is 600. The van der Waals surface area contributed by atoms with E-state index in [1.165, 1.54) is 6.92 Å². The molecule has 0 bridgehead atoms. The molecule has 0 aliphatic rings. The van der Waals surface area contributed by atoms with Crippen LogP contribution in [-0.2, 0) is 24.0 Å². The van der Waals surface area contributed by atoms with Crippen LogP contribution in [0.5, 0.6) is 0 Å². The molecule has 0 rings (SSSR count). The van der Waals surface area contributed by atoms with Gasteiger partial charge < -0.3 is 32.5 Å². The van der Waals surface area contributed by atoms with Gasteiger partial charge in [-0.3, -0.25) is 19.2 Å². The van der Waals surface area contributed by atoms with E-state index in [9.17, 15) is 29.1 Å². The van der Waals surface area contributed by atoms with Gasteiger partial charge in [-0.15, -0.1) is 0 Å². The van der Waals surface area contributed by atoms with Crippen LogP contribution in [0.15, 0.2) is 0 Å². The van der Waals surface area contributed by atoms with Crippen molar-refractivity contribution < 1.29 is 29.1 Å². The van der Waals surface area contributed by atoms with E-state index >= 15 is 0 Å². The summed E-state index contributed by atoms with van der Waals surface area (Å²) in [6.45, 7) is 4.60. The third-order valence-electron chi connectivity index (χ3n) is 3.83. The molecule has 4 unspecified atom stereocenters. The van der Waals surface area contributed by atoms with Crippen LogP contribution < -0.4 is 27.4 Å². The summed E-state index contributed by atoms with van der Waals surface area (Å²) in [6.07, 6.45) is -0.336. The number of aliphatic carboxylic acids is 1. The zero-order valence-electron chi connectivity index (χ0n) is 16.1. The van der Waals surface area contributed by atoms with Gasteiger partial charge in [-0.2, -0.15) is 12.6 Å². The van der Waals surface area contributed by atoms with E-state index in [2.05, 4.69) is 28.6 Å². The number of primary amides is 1. The Morgan fingerprint density at radius 1 is 0.964 bits per heavy atom. The molecule has 0 aromatic rings. The highest BCUT2D eigenvalue weighted by Gasteiger charge is 2.30. The van der Waals surface area contributed by atoms with Crippen LogP contribution in [0.4, 0.5) is 0 Å². The highest BCUT2D eigenvalue weighted by atomic mass is 32.1. The molecule has 28 heavy (non-hydrogen) atoms. The molecule has 0 aromatic carbocycles. The van der Waals surface area contributed by atoms with Crippen LogP contribution in [0, 0.1) is 5.92 Å². The van der Waals surface area contributed by atoms with Crippen molar-refractivity contribution in [2.24, 2.45) is 17.4 Å². The average molecular weight is 420 g/mol. The molecule has 0 aliphatic carbocycles. The lowest BCUT2D eigenvalue weighted by molar-refractivity contribution is -0.143. The van der Waals surface area contributed by atoms with E-state index in [1.54, 1.807) is 13.8 Å².